The van der Waals surface area contributed by atoms with Gasteiger partial charge in [0.15, 0.2) is 0 Å². The van der Waals surface area contributed by atoms with Crippen molar-refractivity contribution in [2.45, 2.75) is 19.4 Å². The van der Waals surface area contributed by atoms with E-state index >= 15 is 0 Å². The van der Waals surface area contributed by atoms with Crippen molar-refractivity contribution in [3.8, 4) is 5.75 Å². The van der Waals surface area contributed by atoms with E-state index in [0.717, 1.165) is 6.07 Å². The molecule has 11 heteroatoms. The van der Waals surface area contributed by atoms with Gasteiger partial charge < -0.3 is 15.2 Å². The number of hydrogen-bond donors (Lipinski definition) is 3. The van der Waals surface area contributed by atoms with Crippen molar-refractivity contribution in [3.63, 3.8) is 0 Å². The minimum atomic E-state index is -0.709. The highest BCUT2D eigenvalue weighted by atomic mass is 127. The van der Waals surface area contributed by atoms with Crippen LogP contribution >= 0.6 is 22.6 Å². The van der Waals surface area contributed by atoms with Gasteiger partial charge in [-0.3, -0.25) is 14.9 Å². The molecule has 2 rings (SSSR count). The van der Waals surface area contributed by atoms with Crippen LogP contribution in [0.15, 0.2) is 47.6 Å². The third-order valence-corrected chi connectivity index (χ3v) is 4.65. The van der Waals surface area contributed by atoms with Crippen LogP contribution in [-0.4, -0.2) is 34.9 Å². The molecule has 0 saturated heterocycles. The highest BCUT2D eigenvalue weighted by molar-refractivity contribution is 14.1. The van der Waals surface area contributed by atoms with Crippen molar-refractivity contribution in [1.82, 2.24) is 10.7 Å². The number of benzene rings is 2. The molecule has 0 aliphatic heterocycles. The maximum Gasteiger partial charge on any atom is 0.407 e. The number of nitrogens with zero attached hydrogens (tertiary/aromatic N) is 2. The van der Waals surface area contributed by atoms with Crippen LogP contribution in [0.3, 0.4) is 0 Å². The number of carbonyl (C=O) groups is 2. The van der Waals surface area contributed by atoms with Gasteiger partial charge in [0.1, 0.15) is 0 Å². The van der Waals surface area contributed by atoms with Gasteiger partial charge in [-0.25, -0.2) is 10.2 Å². The molecule has 0 bridgehead atoms. The van der Waals surface area contributed by atoms with Crippen molar-refractivity contribution in [1.29, 1.82) is 0 Å². The maximum absolute atomic E-state index is 12.3. The Labute approximate surface area is 185 Å². The molecule has 3 N–H and O–H groups in total. The van der Waals surface area contributed by atoms with E-state index in [9.17, 15) is 24.8 Å². The Morgan fingerprint density at radius 2 is 2.03 bits per heavy atom. The van der Waals surface area contributed by atoms with E-state index in [4.69, 9.17) is 4.74 Å². The van der Waals surface area contributed by atoms with Gasteiger partial charge in [-0.2, -0.15) is 5.10 Å². The van der Waals surface area contributed by atoms with E-state index < -0.39 is 34.4 Å². The number of nitrogens with one attached hydrogen (secondary N) is 2. The quantitative estimate of drug-likeness (QED) is 0.209. The Hall–Kier alpha value is -3.22. The molecule has 0 saturated carbocycles. The van der Waals surface area contributed by atoms with Crippen LogP contribution in [0.25, 0.3) is 0 Å². The largest absolute Gasteiger partial charge is 0.501 e. The molecule has 0 heterocycles. The predicted molar refractivity (Wildman–Crippen MR) is 117 cm³/mol. The number of nitro benzene ring substituents is 1. The molecule has 30 heavy (non-hydrogen) atoms. The molecular weight excluding hydrogens is 507 g/mol. The number of rotatable bonds is 8. The summed E-state index contributed by atoms with van der Waals surface area (Å²) in [4.78, 5) is 34.3. The van der Waals surface area contributed by atoms with Crippen molar-refractivity contribution in [2.24, 2.45) is 5.10 Å². The smallest absolute Gasteiger partial charge is 0.407 e. The van der Waals surface area contributed by atoms with E-state index in [1.807, 2.05) is 6.07 Å². The molecule has 2 aromatic carbocycles. The number of phenols is 1. The fourth-order valence-corrected chi connectivity index (χ4v) is 3.12. The zero-order valence-corrected chi connectivity index (χ0v) is 18.0. The second kappa shape index (κ2) is 11.1. The van der Waals surface area contributed by atoms with Crippen molar-refractivity contribution >= 4 is 46.5 Å². The van der Waals surface area contributed by atoms with E-state index in [2.05, 4.69) is 15.8 Å². The van der Waals surface area contributed by atoms with Crippen LogP contribution in [-0.2, 0) is 9.53 Å². The minimum absolute atomic E-state index is 0.104. The van der Waals surface area contributed by atoms with Crippen LogP contribution in [0.1, 0.15) is 30.5 Å². The lowest BCUT2D eigenvalue weighted by atomic mass is 10.0. The highest BCUT2D eigenvalue weighted by Crippen LogP contribution is 2.31. The molecule has 2 aromatic rings. The van der Waals surface area contributed by atoms with Crippen molar-refractivity contribution in [2.75, 3.05) is 6.61 Å². The number of aromatic hydroxyl groups is 1. The molecule has 0 radical (unpaired) electrons. The van der Waals surface area contributed by atoms with E-state index in [-0.39, 0.29) is 16.6 Å². The van der Waals surface area contributed by atoms with Crippen LogP contribution in [0.4, 0.5) is 10.5 Å². The molecule has 0 aliphatic rings. The second-order valence-electron chi connectivity index (χ2n) is 5.95. The van der Waals surface area contributed by atoms with Gasteiger partial charge in [-0.05, 0) is 41.1 Å². The molecule has 1 atom stereocenters. The molecule has 0 aromatic heterocycles. The van der Waals surface area contributed by atoms with Gasteiger partial charge in [-0.15, -0.1) is 0 Å². The third-order valence-electron chi connectivity index (χ3n) is 3.82. The first-order valence-electron chi connectivity index (χ1n) is 8.78. The summed E-state index contributed by atoms with van der Waals surface area (Å²) in [5.74, 6) is -0.919. The summed E-state index contributed by atoms with van der Waals surface area (Å²) in [7, 11) is 0. The van der Waals surface area contributed by atoms with E-state index in [0.29, 0.717) is 11.1 Å². The van der Waals surface area contributed by atoms with Gasteiger partial charge in [-0.1, -0.05) is 30.3 Å². The lowest BCUT2D eigenvalue weighted by molar-refractivity contribution is -0.386. The molecule has 0 spiro atoms. The number of ether oxygens (including phenoxy) is 1. The molecule has 10 nitrogen and oxygen atoms in total. The molecule has 0 unspecified atom stereocenters. The van der Waals surface area contributed by atoms with Crippen LogP contribution < -0.4 is 10.7 Å². The van der Waals surface area contributed by atoms with Gasteiger partial charge in [0.05, 0.1) is 33.8 Å². The first-order chi connectivity index (χ1) is 14.3. The Kier molecular flexibility index (Phi) is 8.53. The first-order valence-corrected chi connectivity index (χ1v) is 9.86. The van der Waals surface area contributed by atoms with Gasteiger partial charge in [0.25, 0.3) is 0 Å². The SMILES string of the molecule is CCOC(=O)N[C@H](CC(=O)N/N=C\c1cc(I)c(O)c([N+](=O)[O-])c1)c1ccccc1. The Balaban J connectivity index is 2.07. The normalized spacial score (nSPS) is 11.7. The number of hydrogen-bond acceptors (Lipinski definition) is 7. The molecule has 0 fully saturated rings. The van der Waals surface area contributed by atoms with E-state index in [1.165, 1.54) is 12.3 Å². The lowest BCUT2D eigenvalue weighted by Gasteiger charge is -2.18. The van der Waals surface area contributed by atoms with E-state index in [1.54, 1.807) is 53.8 Å². The predicted octanol–water partition coefficient (Wildman–Crippen LogP) is 3.23. The van der Waals surface area contributed by atoms with Crippen molar-refractivity contribution in [3.05, 3.63) is 67.3 Å². The van der Waals surface area contributed by atoms with Crippen LogP contribution in [0, 0.1) is 13.7 Å². The Morgan fingerprint density at radius 1 is 1.33 bits per heavy atom. The third kappa shape index (κ3) is 6.69. The number of nitro groups is 1. The zero-order valence-electron chi connectivity index (χ0n) is 15.9. The number of phenolic OH excluding ortho intramolecular Hbond substituents is 1. The van der Waals surface area contributed by atoms with Crippen LogP contribution in [0.5, 0.6) is 5.75 Å². The standard InChI is InChI=1S/C19H19IN4O6/c1-2-30-19(27)22-15(13-6-4-3-5-7-13)10-17(25)23-21-11-12-8-14(20)18(26)16(9-12)24(28)29/h3-9,11,15,26H,2,10H2,1H3,(H,22,27)(H,23,25)/b21-11-/t15-/m1/s1. The number of hydrazone groups is 1. The fraction of sp³-hybridized carbons (Fsp3) is 0.211. The second-order valence-corrected chi connectivity index (χ2v) is 7.12. The minimum Gasteiger partial charge on any atom is -0.501 e. The van der Waals surface area contributed by atoms with Crippen molar-refractivity contribution < 1.29 is 24.4 Å². The summed E-state index contributed by atoms with van der Waals surface area (Å²) in [5.41, 5.74) is 2.91. The molecule has 158 valence electrons. The zero-order chi connectivity index (χ0) is 22.1. The maximum atomic E-state index is 12.3. The number of alkyl carbamates (subject to hydrolysis) is 1. The summed E-state index contributed by atoms with van der Waals surface area (Å²) in [5, 5.41) is 27.1. The molecular formula is C19H19IN4O6. The van der Waals surface area contributed by atoms with Gasteiger partial charge in [0.2, 0.25) is 11.7 Å². The average Bonchev–Trinajstić information content (AvgIpc) is 2.70. The Morgan fingerprint density at radius 3 is 2.67 bits per heavy atom. The summed E-state index contributed by atoms with van der Waals surface area (Å²) >= 11 is 1.76. The average molecular weight is 526 g/mol. The summed E-state index contributed by atoms with van der Waals surface area (Å²) in [6.45, 7) is 1.87. The molecule has 2 amide bonds. The van der Waals surface area contributed by atoms with Gasteiger partial charge in [0, 0.05) is 11.6 Å². The summed E-state index contributed by atoms with van der Waals surface area (Å²) in [6.07, 6.45) is 0.476. The fourth-order valence-electron chi connectivity index (χ4n) is 2.48. The first kappa shape index (κ1) is 23.1. The number of halogens is 1. The van der Waals surface area contributed by atoms with Crippen LogP contribution in [0.2, 0.25) is 0 Å². The monoisotopic (exact) mass is 526 g/mol. The highest BCUT2D eigenvalue weighted by Gasteiger charge is 2.19. The summed E-state index contributed by atoms with van der Waals surface area (Å²) < 4.78 is 5.15. The Bertz CT molecular complexity index is 952. The topological polar surface area (TPSA) is 143 Å². The number of carbonyl (C=O) groups excluding carboxylic acids is 2. The van der Waals surface area contributed by atoms with Gasteiger partial charge >= 0.3 is 11.8 Å². The lowest BCUT2D eigenvalue weighted by Crippen LogP contribution is -2.33. The molecule has 0 aliphatic carbocycles. The number of amides is 2. The summed E-state index contributed by atoms with van der Waals surface area (Å²) in [6, 6.07) is 10.9.